The molecule has 1 aliphatic rings. The Balaban J connectivity index is 1.87. The van der Waals surface area contributed by atoms with E-state index in [1.54, 1.807) is 11.8 Å². The summed E-state index contributed by atoms with van der Waals surface area (Å²) in [4.78, 5) is 3.82. The van der Waals surface area contributed by atoms with Crippen molar-refractivity contribution < 1.29 is 0 Å². The van der Waals surface area contributed by atoms with Gasteiger partial charge < -0.3 is 5.73 Å². The predicted molar refractivity (Wildman–Crippen MR) is 79.9 cm³/mol. The minimum Gasteiger partial charge on any atom is -0.328 e. The minimum atomic E-state index is 0.440. The summed E-state index contributed by atoms with van der Waals surface area (Å²) >= 11 is 1.80. The Morgan fingerprint density at radius 2 is 1.78 bits per heavy atom. The molecule has 1 aromatic rings. The van der Waals surface area contributed by atoms with E-state index >= 15 is 0 Å². The maximum Gasteiger partial charge on any atom is 0.0233 e. The molecule has 0 heterocycles. The van der Waals surface area contributed by atoms with Crippen LogP contribution in [0.5, 0.6) is 0 Å². The van der Waals surface area contributed by atoms with Gasteiger partial charge in [0.2, 0.25) is 0 Å². The molecule has 2 nitrogen and oxygen atoms in total. The van der Waals surface area contributed by atoms with Crippen LogP contribution in [0, 0.1) is 0 Å². The van der Waals surface area contributed by atoms with E-state index in [9.17, 15) is 0 Å². The van der Waals surface area contributed by atoms with Gasteiger partial charge >= 0.3 is 0 Å². The molecule has 0 aromatic heterocycles. The molecule has 3 heteroatoms. The predicted octanol–water partition coefficient (Wildman–Crippen LogP) is 3.11. The first-order valence-corrected chi connectivity index (χ1v) is 8.00. The van der Waals surface area contributed by atoms with E-state index in [-0.39, 0.29) is 0 Å². The van der Waals surface area contributed by atoms with Gasteiger partial charge in [-0.1, -0.05) is 12.1 Å². The molecule has 0 radical (unpaired) electrons. The Morgan fingerprint density at radius 3 is 2.33 bits per heavy atom. The molecular weight excluding hydrogens is 240 g/mol. The zero-order valence-electron chi connectivity index (χ0n) is 11.4. The molecule has 0 aliphatic heterocycles. The summed E-state index contributed by atoms with van der Waals surface area (Å²) in [6.07, 6.45) is 6.98. The summed E-state index contributed by atoms with van der Waals surface area (Å²) in [5, 5.41) is 0. The maximum atomic E-state index is 5.96. The fraction of sp³-hybridized carbons (Fsp3) is 0.600. The lowest BCUT2D eigenvalue weighted by Crippen LogP contribution is -2.38. The second-order valence-electron chi connectivity index (χ2n) is 5.33. The first-order valence-electron chi connectivity index (χ1n) is 6.78. The van der Waals surface area contributed by atoms with Crippen LogP contribution in [-0.2, 0) is 6.54 Å². The highest BCUT2D eigenvalue weighted by atomic mass is 32.2. The molecular formula is C15H24N2S. The van der Waals surface area contributed by atoms with Crippen molar-refractivity contribution in [3.05, 3.63) is 29.8 Å². The third kappa shape index (κ3) is 3.74. The monoisotopic (exact) mass is 264 g/mol. The molecule has 1 fully saturated rings. The van der Waals surface area contributed by atoms with Gasteiger partial charge in [0.05, 0.1) is 0 Å². The maximum absolute atomic E-state index is 5.96. The van der Waals surface area contributed by atoms with Crippen molar-refractivity contribution in [2.24, 2.45) is 5.73 Å². The molecule has 0 saturated heterocycles. The smallest absolute Gasteiger partial charge is 0.0233 e. The van der Waals surface area contributed by atoms with Crippen LogP contribution in [0.1, 0.15) is 31.2 Å². The van der Waals surface area contributed by atoms with Crippen LogP contribution >= 0.6 is 11.8 Å². The third-order valence-electron chi connectivity index (χ3n) is 3.96. The van der Waals surface area contributed by atoms with Crippen LogP contribution in [0.15, 0.2) is 29.2 Å². The van der Waals surface area contributed by atoms with E-state index in [0.29, 0.717) is 12.1 Å². The SMILES string of the molecule is CSc1ccc(CN(C)C2CCC(N)CC2)cc1. The number of benzene rings is 1. The van der Waals surface area contributed by atoms with Gasteiger partial charge in [-0.25, -0.2) is 0 Å². The van der Waals surface area contributed by atoms with Gasteiger partial charge in [-0.3, -0.25) is 4.90 Å². The Labute approximate surface area is 115 Å². The summed E-state index contributed by atoms with van der Waals surface area (Å²) < 4.78 is 0. The van der Waals surface area contributed by atoms with Crippen LogP contribution in [0.25, 0.3) is 0 Å². The lowest BCUT2D eigenvalue weighted by molar-refractivity contribution is 0.176. The molecule has 2 N–H and O–H groups in total. The van der Waals surface area contributed by atoms with E-state index < -0.39 is 0 Å². The van der Waals surface area contributed by atoms with Gasteiger partial charge in [0.1, 0.15) is 0 Å². The van der Waals surface area contributed by atoms with Crippen LogP contribution in [0.2, 0.25) is 0 Å². The molecule has 18 heavy (non-hydrogen) atoms. The van der Waals surface area contributed by atoms with E-state index in [2.05, 4.69) is 42.5 Å². The molecule has 0 unspecified atom stereocenters. The molecule has 0 spiro atoms. The number of hydrogen-bond donors (Lipinski definition) is 1. The molecule has 0 amide bonds. The molecule has 1 aliphatic carbocycles. The molecule has 0 bridgehead atoms. The number of nitrogens with two attached hydrogens (primary N) is 1. The van der Waals surface area contributed by atoms with Crippen molar-refractivity contribution >= 4 is 11.8 Å². The fourth-order valence-corrected chi connectivity index (χ4v) is 3.10. The van der Waals surface area contributed by atoms with Crippen molar-refractivity contribution in [1.29, 1.82) is 0 Å². The molecule has 1 saturated carbocycles. The normalized spacial score (nSPS) is 24.4. The number of hydrogen-bond acceptors (Lipinski definition) is 3. The van der Waals surface area contributed by atoms with Crippen LogP contribution in [-0.4, -0.2) is 30.3 Å². The largest absolute Gasteiger partial charge is 0.328 e. The average molecular weight is 264 g/mol. The van der Waals surface area contributed by atoms with Gasteiger partial charge in [0, 0.05) is 23.5 Å². The van der Waals surface area contributed by atoms with E-state index in [1.165, 1.54) is 36.1 Å². The van der Waals surface area contributed by atoms with Crippen LogP contribution < -0.4 is 5.73 Å². The highest BCUT2D eigenvalue weighted by molar-refractivity contribution is 7.98. The van der Waals surface area contributed by atoms with Crippen molar-refractivity contribution in [1.82, 2.24) is 4.90 Å². The fourth-order valence-electron chi connectivity index (χ4n) is 2.69. The van der Waals surface area contributed by atoms with E-state index in [4.69, 9.17) is 5.73 Å². The summed E-state index contributed by atoms with van der Waals surface area (Å²) in [5.41, 5.74) is 7.37. The second kappa shape index (κ2) is 6.60. The van der Waals surface area contributed by atoms with Gasteiger partial charge in [-0.15, -0.1) is 11.8 Å². The van der Waals surface area contributed by atoms with Crippen LogP contribution in [0.4, 0.5) is 0 Å². The summed E-state index contributed by atoms with van der Waals surface area (Å²) in [5.74, 6) is 0. The van der Waals surface area contributed by atoms with E-state index in [0.717, 1.165) is 6.54 Å². The zero-order valence-corrected chi connectivity index (χ0v) is 12.2. The van der Waals surface area contributed by atoms with Gasteiger partial charge in [-0.05, 0) is 56.7 Å². The molecule has 1 aromatic carbocycles. The van der Waals surface area contributed by atoms with E-state index in [1.807, 2.05) is 0 Å². The Hall–Kier alpha value is -0.510. The van der Waals surface area contributed by atoms with Crippen molar-refractivity contribution in [2.45, 2.75) is 49.2 Å². The molecule has 2 rings (SSSR count). The average Bonchev–Trinajstić information content (AvgIpc) is 2.40. The Morgan fingerprint density at radius 1 is 1.17 bits per heavy atom. The Kier molecular flexibility index (Phi) is 5.10. The van der Waals surface area contributed by atoms with Gasteiger partial charge in [0.25, 0.3) is 0 Å². The number of rotatable bonds is 4. The Bertz CT molecular complexity index is 355. The second-order valence-corrected chi connectivity index (χ2v) is 6.21. The highest BCUT2D eigenvalue weighted by Gasteiger charge is 2.21. The van der Waals surface area contributed by atoms with Gasteiger partial charge in [-0.2, -0.15) is 0 Å². The topological polar surface area (TPSA) is 29.3 Å². The molecule has 100 valence electrons. The first kappa shape index (κ1) is 13.9. The van der Waals surface area contributed by atoms with Crippen LogP contribution in [0.3, 0.4) is 0 Å². The number of thioether (sulfide) groups is 1. The summed E-state index contributed by atoms with van der Waals surface area (Å²) in [7, 11) is 2.24. The van der Waals surface area contributed by atoms with Crippen molar-refractivity contribution in [3.63, 3.8) is 0 Å². The number of nitrogens with zero attached hydrogens (tertiary/aromatic N) is 1. The lowest BCUT2D eigenvalue weighted by atomic mass is 9.91. The highest BCUT2D eigenvalue weighted by Crippen LogP contribution is 2.23. The lowest BCUT2D eigenvalue weighted by Gasteiger charge is -2.33. The molecule has 0 atom stereocenters. The van der Waals surface area contributed by atoms with Crippen molar-refractivity contribution in [3.8, 4) is 0 Å². The van der Waals surface area contributed by atoms with Crippen molar-refractivity contribution in [2.75, 3.05) is 13.3 Å². The van der Waals surface area contributed by atoms with Gasteiger partial charge in [0.15, 0.2) is 0 Å². The zero-order chi connectivity index (χ0) is 13.0. The first-order chi connectivity index (χ1) is 8.69. The summed E-state index contributed by atoms with van der Waals surface area (Å²) in [6.45, 7) is 1.05. The minimum absolute atomic E-state index is 0.440. The third-order valence-corrected chi connectivity index (χ3v) is 4.70. The standard InChI is InChI=1S/C15H24N2S/c1-17(14-7-5-13(16)6-8-14)11-12-3-9-15(18-2)10-4-12/h3-4,9-10,13-14H,5-8,11,16H2,1-2H3. The quantitative estimate of drug-likeness (QED) is 0.847. The summed E-state index contributed by atoms with van der Waals surface area (Å²) in [6, 6.07) is 10.1.